The van der Waals surface area contributed by atoms with Crippen LogP contribution >= 0.6 is 7.60 Å². The maximum absolute atomic E-state index is 14.2. The van der Waals surface area contributed by atoms with Crippen LogP contribution in [0.15, 0.2) is 60.7 Å². The predicted molar refractivity (Wildman–Crippen MR) is 126 cm³/mol. The molecular weight excluding hydrogens is 393 g/mol. The molecule has 30 heavy (non-hydrogen) atoms. The second-order valence-electron chi connectivity index (χ2n) is 8.12. The Hall–Kier alpha value is -1.45. The van der Waals surface area contributed by atoms with Gasteiger partial charge in [0.15, 0.2) is 0 Å². The van der Waals surface area contributed by atoms with E-state index < -0.39 is 12.9 Å². The van der Waals surface area contributed by atoms with Gasteiger partial charge in [0.05, 0.1) is 13.2 Å². The minimum Gasteiger partial charge on any atom is -0.308 e. The fourth-order valence-corrected chi connectivity index (χ4v) is 5.99. The van der Waals surface area contributed by atoms with Gasteiger partial charge in [0.25, 0.3) is 0 Å². The molecule has 0 saturated carbocycles. The van der Waals surface area contributed by atoms with E-state index >= 15 is 0 Å². The van der Waals surface area contributed by atoms with Gasteiger partial charge in [-0.1, -0.05) is 74.5 Å². The Labute approximate surface area is 182 Å². The molecule has 5 heteroatoms. The second-order valence-corrected chi connectivity index (χ2v) is 10.5. The maximum atomic E-state index is 14.2. The van der Waals surface area contributed by atoms with Crippen LogP contribution in [0.3, 0.4) is 0 Å². The van der Waals surface area contributed by atoms with Gasteiger partial charge in [0, 0.05) is 6.54 Å². The van der Waals surface area contributed by atoms with Crippen LogP contribution in [0.1, 0.15) is 58.1 Å². The molecule has 0 fully saturated rings. The van der Waals surface area contributed by atoms with E-state index in [9.17, 15) is 4.57 Å². The van der Waals surface area contributed by atoms with Crippen molar-refractivity contribution in [1.82, 2.24) is 5.32 Å². The first-order valence-corrected chi connectivity index (χ1v) is 12.7. The van der Waals surface area contributed by atoms with Crippen LogP contribution in [0.4, 0.5) is 0 Å². The summed E-state index contributed by atoms with van der Waals surface area (Å²) in [6.07, 6.45) is 3.18. The highest BCUT2D eigenvalue weighted by Gasteiger charge is 2.49. The monoisotopic (exact) mass is 431 g/mol. The first-order chi connectivity index (χ1) is 14.4. The van der Waals surface area contributed by atoms with E-state index in [2.05, 4.69) is 43.4 Å². The van der Waals surface area contributed by atoms with Crippen LogP contribution < -0.4 is 5.32 Å². The van der Waals surface area contributed by atoms with Crippen molar-refractivity contribution in [1.29, 1.82) is 0 Å². The first kappa shape index (κ1) is 24.8. The summed E-state index contributed by atoms with van der Waals surface area (Å²) in [7, 11) is -3.40. The van der Waals surface area contributed by atoms with Gasteiger partial charge in [0.1, 0.15) is 5.28 Å². The van der Waals surface area contributed by atoms with Crippen LogP contribution in [-0.2, 0) is 26.6 Å². The zero-order valence-electron chi connectivity index (χ0n) is 19.0. The van der Waals surface area contributed by atoms with Crippen molar-refractivity contribution in [2.75, 3.05) is 13.2 Å². The fraction of sp³-hybridized carbons (Fsp3) is 0.520. The van der Waals surface area contributed by atoms with Crippen molar-refractivity contribution < 1.29 is 13.6 Å². The van der Waals surface area contributed by atoms with Crippen LogP contribution in [0.25, 0.3) is 0 Å². The SMILES string of the molecule is CCOP(=O)(OCC)C(CCc1ccccc1)(CCC(C)C)NCc1ccccc1. The van der Waals surface area contributed by atoms with Gasteiger partial charge in [-0.25, -0.2) is 0 Å². The average molecular weight is 432 g/mol. The van der Waals surface area contributed by atoms with Crippen LogP contribution in [0.2, 0.25) is 0 Å². The van der Waals surface area contributed by atoms with E-state index in [1.165, 1.54) is 5.56 Å². The molecule has 1 N–H and O–H groups in total. The Morgan fingerprint density at radius 1 is 0.867 bits per heavy atom. The average Bonchev–Trinajstić information content (AvgIpc) is 2.75. The second kappa shape index (κ2) is 12.4. The summed E-state index contributed by atoms with van der Waals surface area (Å²) < 4.78 is 26.0. The summed E-state index contributed by atoms with van der Waals surface area (Å²) in [6, 6.07) is 20.6. The molecule has 1 unspecified atom stereocenters. The third-order valence-corrected chi connectivity index (χ3v) is 8.24. The molecule has 4 nitrogen and oxygen atoms in total. The summed E-state index contributed by atoms with van der Waals surface area (Å²) in [5.41, 5.74) is 2.39. The number of hydrogen-bond donors (Lipinski definition) is 1. The number of benzene rings is 2. The Bertz CT molecular complexity index is 711. The summed E-state index contributed by atoms with van der Waals surface area (Å²) in [5.74, 6) is 0.497. The van der Waals surface area contributed by atoms with E-state index in [0.29, 0.717) is 32.1 Å². The third-order valence-electron chi connectivity index (χ3n) is 5.39. The Morgan fingerprint density at radius 3 is 1.90 bits per heavy atom. The molecule has 0 spiro atoms. The third kappa shape index (κ3) is 7.06. The number of nitrogens with one attached hydrogen (secondary N) is 1. The van der Waals surface area contributed by atoms with Crippen molar-refractivity contribution in [3.05, 3.63) is 71.8 Å². The highest BCUT2D eigenvalue weighted by Crippen LogP contribution is 2.62. The summed E-state index contributed by atoms with van der Waals surface area (Å²) in [6.45, 7) is 9.51. The molecule has 0 heterocycles. The molecule has 0 amide bonds. The lowest BCUT2D eigenvalue weighted by Gasteiger charge is -2.40. The molecule has 0 aliphatic rings. The standard InChI is InChI=1S/C25H38NO3P/c1-5-28-30(27,29-6-2)25(19-17-22(3)4,20-18-23-13-9-7-10-14-23)26-21-24-15-11-8-12-16-24/h7-16,22,26H,5-6,17-21H2,1-4H3. The lowest BCUT2D eigenvalue weighted by Crippen LogP contribution is -2.46. The van der Waals surface area contributed by atoms with Crippen LogP contribution in [0, 0.1) is 5.92 Å². The van der Waals surface area contributed by atoms with Gasteiger partial charge >= 0.3 is 7.60 Å². The molecule has 0 aliphatic carbocycles. The molecule has 2 aromatic rings. The minimum atomic E-state index is -3.40. The smallest absolute Gasteiger partial charge is 0.308 e. The highest BCUT2D eigenvalue weighted by molar-refractivity contribution is 7.55. The van der Waals surface area contributed by atoms with E-state index in [1.807, 2.05) is 50.2 Å². The topological polar surface area (TPSA) is 47.6 Å². The minimum absolute atomic E-state index is 0.360. The van der Waals surface area contributed by atoms with E-state index in [1.54, 1.807) is 0 Å². The molecule has 0 saturated heterocycles. The van der Waals surface area contributed by atoms with Gasteiger partial charge in [-0.15, -0.1) is 0 Å². The molecule has 0 aromatic heterocycles. The Balaban J connectivity index is 2.39. The van der Waals surface area contributed by atoms with Gasteiger partial charge in [0.2, 0.25) is 0 Å². The van der Waals surface area contributed by atoms with Crippen molar-refractivity contribution in [3.8, 4) is 0 Å². The zero-order valence-corrected chi connectivity index (χ0v) is 19.9. The predicted octanol–water partition coefficient (Wildman–Crippen LogP) is 6.81. The van der Waals surface area contributed by atoms with Gasteiger partial charge in [-0.3, -0.25) is 9.88 Å². The quantitative estimate of drug-likeness (QED) is 0.334. The summed E-state index contributed by atoms with van der Waals surface area (Å²) in [4.78, 5) is 0. The first-order valence-electron chi connectivity index (χ1n) is 11.2. The molecule has 2 rings (SSSR count). The normalized spacial score (nSPS) is 14.0. The van der Waals surface area contributed by atoms with Crippen LogP contribution in [-0.4, -0.2) is 18.5 Å². The lowest BCUT2D eigenvalue weighted by molar-refractivity contribution is 0.173. The summed E-state index contributed by atoms with van der Waals surface area (Å²) >= 11 is 0. The molecule has 166 valence electrons. The van der Waals surface area contributed by atoms with Crippen molar-refractivity contribution in [2.24, 2.45) is 5.92 Å². The molecule has 1 atom stereocenters. The molecular formula is C25H38NO3P. The van der Waals surface area contributed by atoms with E-state index in [0.717, 1.165) is 24.8 Å². The van der Waals surface area contributed by atoms with Crippen molar-refractivity contribution in [2.45, 2.75) is 65.2 Å². The highest BCUT2D eigenvalue weighted by atomic mass is 31.2. The van der Waals surface area contributed by atoms with Crippen LogP contribution in [0.5, 0.6) is 0 Å². The number of hydrogen-bond acceptors (Lipinski definition) is 4. The lowest BCUT2D eigenvalue weighted by atomic mass is 9.96. The molecule has 2 aromatic carbocycles. The molecule has 0 bridgehead atoms. The van der Waals surface area contributed by atoms with E-state index in [-0.39, 0.29) is 0 Å². The van der Waals surface area contributed by atoms with Gasteiger partial charge in [-0.05, 0) is 56.6 Å². The molecule has 0 aliphatic heterocycles. The summed E-state index contributed by atoms with van der Waals surface area (Å²) in [5, 5.41) is 2.93. The number of aryl methyl sites for hydroxylation is 1. The van der Waals surface area contributed by atoms with E-state index in [4.69, 9.17) is 9.05 Å². The Morgan fingerprint density at radius 2 is 1.40 bits per heavy atom. The largest absolute Gasteiger partial charge is 0.350 e. The fourth-order valence-electron chi connectivity index (χ4n) is 3.68. The zero-order chi connectivity index (χ0) is 21.9. The Kier molecular flexibility index (Phi) is 10.3. The molecule has 0 radical (unpaired) electrons. The number of rotatable bonds is 14. The van der Waals surface area contributed by atoms with Gasteiger partial charge in [-0.2, -0.15) is 0 Å². The van der Waals surface area contributed by atoms with Crippen molar-refractivity contribution >= 4 is 7.60 Å². The van der Waals surface area contributed by atoms with Gasteiger partial charge < -0.3 is 9.05 Å². The maximum Gasteiger partial charge on any atom is 0.350 e. The van der Waals surface area contributed by atoms with Crippen molar-refractivity contribution in [3.63, 3.8) is 0 Å².